The van der Waals surface area contributed by atoms with Gasteiger partial charge in [-0.25, -0.2) is 0 Å². The lowest BCUT2D eigenvalue weighted by Crippen LogP contribution is -2.05. The molecule has 0 saturated carbocycles. The Balaban J connectivity index is 2.33. The number of rotatable bonds is 0. The van der Waals surface area contributed by atoms with Crippen molar-refractivity contribution in [2.75, 3.05) is 13.2 Å². The lowest BCUT2D eigenvalue weighted by Gasteiger charge is -2.13. The van der Waals surface area contributed by atoms with Crippen molar-refractivity contribution in [2.24, 2.45) is 0 Å². The van der Waals surface area contributed by atoms with Crippen LogP contribution in [0.2, 0.25) is 0 Å². The third-order valence-corrected chi connectivity index (χ3v) is 3.07. The molecule has 8 heavy (non-hydrogen) atoms. The van der Waals surface area contributed by atoms with Gasteiger partial charge >= 0.3 is 6.27 Å². The quantitative estimate of drug-likeness (QED) is 0.448. The van der Waals surface area contributed by atoms with Crippen molar-refractivity contribution in [1.29, 1.82) is 0 Å². The number of hydrogen-bond donors (Lipinski definition) is 1. The highest BCUT2D eigenvalue weighted by Gasteiger charge is 2.39. The molecule has 0 radical (unpaired) electrons. The molecule has 1 saturated heterocycles. The second-order valence-electron chi connectivity index (χ2n) is 1.47. The van der Waals surface area contributed by atoms with Crippen LogP contribution in [0, 0.1) is 0 Å². The molecule has 1 heterocycles. The summed E-state index contributed by atoms with van der Waals surface area (Å²) in [5, 5.41) is 0. The minimum absolute atomic E-state index is 0.681. The number of thiol groups is 1. The zero-order valence-corrected chi connectivity index (χ0v) is 6.75. The van der Waals surface area contributed by atoms with Crippen molar-refractivity contribution in [3.8, 4) is 0 Å². The smallest absolute Gasteiger partial charge is 0.179 e. The first kappa shape index (κ1) is 7.10. The minimum Gasteiger partial charge on any atom is -0.179 e. The van der Waals surface area contributed by atoms with Gasteiger partial charge in [0.25, 0.3) is 0 Å². The summed E-state index contributed by atoms with van der Waals surface area (Å²) in [7, 11) is 0. The van der Waals surface area contributed by atoms with Gasteiger partial charge in [0.1, 0.15) is 0 Å². The zero-order valence-electron chi connectivity index (χ0n) is 4.21. The molecule has 1 aliphatic rings. The summed E-state index contributed by atoms with van der Waals surface area (Å²) >= 11 is 9.55. The molecule has 0 N–H and O–H groups in total. The fourth-order valence-corrected chi connectivity index (χ4v) is 2.14. The maximum absolute atomic E-state index is 5.60. The molecule has 1 fully saturated rings. The van der Waals surface area contributed by atoms with Gasteiger partial charge in [0.15, 0.2) is 11.2 Å². The van der Waals surface area contributed by atoms with Gasteiger partial charge in [-0.1, -0.05) is 0 Å². The van der Waals surface area contributed by atoms with E-state index in [1.165, 1.54) is 0 Å². The van der Waals surface area contributed by atoms with Crippen LogP contribution in [0.3, 0.4) is 0 Å². The van der Waals surface area contributed by atoms with Crippen LogP contribution in [0.4, 0.5) is 0 Å². The van der Waals surface area contributed by atoms with Crippen molar-refractivity contribution in [3.63, 3.8) is 0 Å². The van der Waals surface area contributed by atoms with E-state index >= 15 is 0 Å². The third-order valence-electron chi connectivity index (χ3n) is 0.790. The van der Waals surface area contributed by atoms with Crippen molar-refractivity contribution < 1.29 is 9.05 Å². The van der Waals surface area contributed by atoms with Crippen LogP contribution in [0.25, 0.3) is 0 Å². The predicted octanol–water partition coefficient (Wildman–Crippen LogP) is 2.27. The average Bonchev–Trinajstić information content (AvgIpc) is 1.65. The lowest BCUT2D eigenvalue weighted by molar-refractivity contribution is 0.187. The Bertz CT molecular complexity index is 81.4. The van der Waals surface area contributed by atoms with E-state index in [4.69, 9.17) is 20.3 Å². The van der Waals surface area contributed by atoms with Gasteiger partial charge in [-0.3, -0.25) is 0 Å². The van der Waals surface area contributed by atoms with E-state index in [9.17, 15) is 0 Å². The number of halogens is 1. The van der Waals surface area contributed by atoms with E-state index in [1.54, 1.807) is 0 Å². The van der Waals surface area contributed by atoms with Crippen LogP contribution in [-0.2, 0) is 9.05 Å². The zero-order chi connectivity index (χ0) is 6.04. The van der Waals surface area contributed by atoms with Crippen LogP contribution >= 0.6 is 29.8 Å². The van der Waals surface area contributed by atoms with Gasteiger partial charge in [0.05, 0.1) is 25.5 Å². The minimum atomic E-state index is -2.17. The van der Waals surface area contributed by atoms with Crippen molar-refractivity contribution >= 4 is 29.8 Å². The molecule has 0 aromatic carbocycles. The summed E-state index contributed by atoms with van der Waals surface area (Å²) < 4.78 is 9.97. The predicted molar refractivity (Wildman–Crippen MR) is 38.3 cm³/mol. The van der Waals surface area contributed by atoms with E-state index < -0.39 is 6.27 Å². The van der Waals surface area contributed by atoms with E-state index in [0.717, 1.165) is 6.42 Å². The Morgan fingerprint density at radius 2 is 1.88 bits per heavy atom. The van der Waals surface area contributed by atoms with Crippen LogP contribution in [0.15, 0.2) is 0 Å². The fraction of sp³-hybridized carbons (Fsp3) is 1.00. The average molecular weight is 174 g/mol. The highest BCUT2D eigenvalue weighted by molar-refractivity contribution is 8.58. The topological polar surface area (TPSA) is 18.5 Å². The van der Waals surface area contributed by atoms with Gasteiger partial charge in [-0.05, 0) is 0 Å². The Labute approximate surface area is 58.9 Å². The first-order chi connectivity index (χ1) is 3.71. The SMILES string of the molecule is S[P+]1(Cl)OCCCO1. The van der Waals surface area contributed by atoms with Crippen LogP contribution in [0.1, 0.15) is 6.42 Å². The Morgan fingerprint density at radius 3 is 2.12 bits per heavy atom. The molecule has 5 heteroatoms. The summed E-state index contributed by atoms with van der Waals surface area (Å²) in [6.07, 6.45) is -1.24. The van der Waals surface area contributed by atoms with Gasteiger partial charge in [-0.15, -0.1) is 0 Å². The molecule has 1 rings (SSSR count). The second-order valence-corrected chi connectivity index (χ2v) is 6.51. The van der Waals surface area contributed by atoms with Crippen LogP contribution < -0.4 is 0 Å². The van der Waals surface area contributed by atoms with Gasteiger partial charge in [-0.2, -0.15) is 9.05 Å². The van der Waals surface area contributed by atoms with E-state index in [2.05, 4.69) is 12.2 Å². The summed E-state index contributed by atoms with van der Waals surface area (Å²) in [5.74, 6) is 0. The first-order valence-electron chi connectivity index (χ1n) is 2.31. The second kappa shape index (κ2) is 2.72. The van der Waals surface area contributed by atoms with Crippen LogP contribution in [-0.4, -0.2) is 13.2 Å². The van der Waals surface area contributed by atoms with Crippen molar-refractivity contribution in [2.45, 2.75) is 6.42 Å². The summed E-state index contributed by atoms with van der Waals surface area (Å²) in [5.41, 5.74) is 0. The maximum Gasteiger partial charge on any atom is 0.433 e. The largest absolute Gasteiger partial charge is 0.433 e. The molecule has 0 spiro atoms. The fourth-order valence-electron chi connectivity index (χ4n) is 0.450. The van der Waals surface area contributed by atoms with E-state index in [1.807, 2.05) is 0 Å². The van der Waals surface area contributed by atoms with Gasteiger partial charge < -0.3 is 0 Å². The molecule has 1 aliphatic heterocycles. The maximum atomic E-state index is 5.60. The molecule has 0 amide bonds. The Kier molecular flexibility index (Phi) is 2.41. The third kappa shape index (κ3) is 2.08. The molecule has 2 nitrogen and oxygen atoms in total. The van der Waals surface area contributed by atoms with Crippen LogP contribution in [0.5, 0.6) is 0 Å². The highest BCUT2D eigenvalue weighted by atomic mass is 35.7. The molecule has 0 aromatic rings. The lowest BCUT2D eigenvalue weighted by atomic mass is 10.5. The standard InChI is InChI=1S/C3H7ClO2PS/c4-7(8)5-2-1-3-6-7/h8H,1-3H2/q+1. The molecule has 0 atom stereocenters. The molecule has 48 valence electrons. The summed E-state index contributed by atoms with van der Waals surface area (Å²) in [4.78, 5) is 0. The van der Waals surface area contributed by atoms with Gasteiger partial charge in [0.2, 0.25) is 0 Å². The first-order valence-corrected chi connectivity index (χ1v) is 5.99. The Morgan fingerprint density at radius 1 is 1.38 bits per heavy atom. The molecule has 0 aromatic heterocycles. The van der Waals surface area contributed by atoms with E-state index in [0.29, 0.717) is 13.2 Å². The van der Waals surface area contributed by atoms with Crippen molar-refractivity contribution in [1.82, 2.24) is 0 Å². The van der Waals surface area contributed by atoms with Crippen molar-refractivity contribution in [3.05, 3.63) is 0 Å². The highest BCUT2D eigenvalue weighted by Crippen LogP contribution is 2.71. The van der Waals surface area contributed by atoms with Gasteiger partial charge in [0, 0.05) is 6.42 Å². The number of hydrogen-bond acceptors (Lipinski definition) is 3. The summed E-state index contributed by atoms with van der Waals surface area (Å²) in [6, 6.07) is 0. The Hall–Kier alpha value is 0.990. The molecule has 0 aliphatic carbocycles. The molecular formula is C3H7ClO2PS+. The normalized spacial score (nSPS) is 27.8. The summed E-state index contributed by atoms with van der Waals surface area (Å²) in [6.45, 7) is 1.36. The molecule has 0 bridgehead atoms. The molecule has 0 unspecified atom stereocenters. The molecular weight excluding hydrogens is 167 g/mol. The van der Waals surface area contributed by atoms with E-state index in [-0.39, 0.29) is 0 Å². The monoisotopic (exact) mass is 173 g/mol.